The minimum absolute atomic E-state index is 0.0221. The van der Waals surface area contributed by atoms with Gasteiger partial charge in [-0.3, -0.25) is 19.7 Å². The van der Waals surface area contributed by atoms with Gasteiger partial charge in [0.1, 0.15) is 11.5 Å². The molecule has 0 saturated carbocycles. The van der Waals surface area contributed by atoms with Gasteiger partial charge in [0.15, 0.2) is 36.1 Å². The Labute approximate surface area is 261 Å². The second kappa shape index (κ2) is 12.1. The van der Waals surface area contributed by atoms with E-state index < -0.39 is 30.0 Å². The highest BCUT2D eigenvalue weighted by Gasteiger charge is 2.21. The standard InChI is InChI=1S/C16H11NO6S.C16H13NO4S/c1-24(21,22)15-8-3-2-5-11(15)14-9-13(18)10-6-4-7-12(17(19)20)16(10)23-14;1-22(19,20)15-8-3-2-5-11(15)14-9-13(18)10-6-4-7-12(17)16(10)21-14/h2-9H,1H3;2-9H,17H2,1H3. The molecule has 0 aliphatic carbocycles. The Morgan fingerprint density at radius 2 is 1.07 bits per heavy atom. The second-order valence-electron chi connectivity index (χ2n) is 10.1. The van der Waals surface area contributed by atoms with Crippen molar-refractivity contribution >= 4 is 53.0 Å². The lowest BCUT2D eigenvalue weighted by Crippen LogP contribution is -2.04. The molecular weight excluding hydrogens is 636 g/mol. The predicted octanol–water partition coefficient (Wildman–Crippen LogP) is 5.22. The molecule has 6 rings (SSSR count). The van der Waals surface area contributed by atoms with E-state index in [1.165, 1.54) is 42.5 Å². The Kier molecular flexibility index (Phi) is 8.34. The number of sulfone groups is 2. The van der Waals surface area contributed by atoms with Crippen LogP contribution in [0.3, 0.4) is 0 Å². The number of nitrogen functional groups attached to an aromatic ring is 1. The van der Waals surface area contributed by atoms with Crippen LogP contribution in [-0.4, -0.2) is 34.3 Å². The molecule has 2 N–H and O–H groups in total. The molecule has 0 atom stereocenters. The average molecular weight is 661 g/mol. The maximum Gasteiger partial charge on any atom is 0.312 e. The van der Waals surface area contributed by atoms with Gasteiger partial charge in [0.25, 0.3) is 0 Å². The topological polar surface area (TPSA) is 198 Å². The maximum absolute atomic E-state index is 12.3. The van der Waals surface area contributed by atoms with Crippen molar-refractivity contribution < 1.29 is 30.6 Å². The van der Waals surface area contributed by atoms with E-state index in [1.54, 1.807) is 48.5 Å². The largest absolute Gasteiger partial charge is 0.454 e. The Morgan fingerprint density at radius 1 is 0.630 bits per heavy atom. The highest BCUT2D eigenvalue weighted by atomic mass is 32.2. The van der Waals surface area contributed by atoms with Crippen LogP contribution in [0, 0.1) is 10.1 Å². The number of hydrogen-bond donors (Lipinski definition) is 1. The van der Waals surface area contributed by atoms with E-state index in [4.69, 9.17) is 14.6 Å². The number of fused-ring (bicyclic) bond motifs is 2. The van der Waals surface area contributed by atoms with Gasteiger partial charge in [-0.2, -0.15) is 0 Å². The van der Waals surface area contributed by atoms with Crippen LogP contribution < -0.4 is 16.6 Å². The monoisotopic (exact) mass is 660 g/mol. The molecule has 0 aliphatic rings. The quantitative estimate of drug-likeness (QED) is 0.145. The molecule has 46 heavy (non-hydrogen) atoms. The van der Waals surface area contributed by atoms with E-state index in [0.717, 1.165) is 18.6 Å². The summed E-state index contributed by atoms with van der Waals surface area (Å²) < 4.78 is 58.9. The Bertz CT molecular complexity index is 2520. The molecule has 0 bridgehead atoms. The van der Waals surface area contributed by atoms with Crippen molar-refractivity contribution in [2.45, 2.75) is 9.79 Å². The van der Waals surface area contributed by atoms with E-state index in [9.17, 15) is 36.5 Å². The number of para-hydroxylation sites is 2. The van der Waals surface area contributed by atoms with Gasteiger partial charge in [0.05, 0.1) is 31.2 Å². The van der Waals surface area contributed by atoms with Crippen LogP contribution >= 0.6 is 0 Å². The first kappa shape index (κ1) is 31.8. The van der Waals surface area contributed by atoms with Gasteiger partial charge < -0.3 is 14.6 Å². The number of rotatable bonds is 5. The van der Waals surface area contributed by atoms with E-state index in [2.05, 4.69) is 0 Å². The lowest BCUT2D eigenvalue weighted by molar-refractivity contribution is -0.383. The molecule has 2 heterocycles. The number of nitrogens with two attached hydrogens (primary N) is 1. The zero-order valence-electron chi connectivity index (χ0n) is 24.2. The summed E-state index contributed by atoms with van der Waals surface area (Å²) in [6.45, 7) is 0. The molecule has 4 aromatic carbocycles. The van der Waals surface area contributed by atoms with Gasteiger partial charge in [0, 0.05) is 41.8 Å². The number of anilines is 1. The summed E-state index contributed by atoms with van der Waals surface area (Å²) in [6, 6.07) is 23.7. The van der Waals surface area contributed by atoms with Crippen LogP contribution in [0.2, 0.25) is 0 Å². The predicted molar refractivity (Wildman–Crippen MR) is 173 cm³/mol. The van der Waals surface area contributed by atoms with Crippen LogP contribution in [0.25, 0.3) is 44.6 Å². The fourth-order valence-corrected chi connectivity index (χ4v) is 6.55. The summed E-state index contributed by atoms with van der Waals surface area (Å²) in [6.07, 6.45) is 2.15. The van der Waals surface area contributed by atoms with Crippen molar-refractivity contribution in [2.75, 3.05) is 18.2 Å². The van der Waals surface area contributed by atoms with Gasteiger partial charge in [-0.25, -0.2) is 16.8 Å². The lowest BCUT2D eigenvalue weighted by Gasteiger charge is -2.08. The van der Waals surface area contributed by atoms with E-state index in [-0.39, 0.29) is 54.5 Å². The zero-order valence-corrected chi connectivity index (χ0v) is 25.8. The minimum atomic E-state index is -3.57. The summed E-state index contributed by atoms with van der Waals surface area (Å²) in [4.78, 5) is 35.1. The fraction of sp³-hybridized carbons (Fsp3) is 0.0625. The van der Waals surface area contributed by atoms with E-state index >= 15 is 0 Å². The number of nitro groups is 1. The molecular formula is C32H24N2O10S2. The first-order valence-electron chi connectivity index (χ1n) is 13.3. The third-order valence-electron chi connectivity index (χ3n) is 6.82. The smallest absolute Gasteiger partial charge is 0.312 e. The molecule has 6 aromatic rings. The number of nitro benzene ring substituents is 1. The molecule has 234 valence electrons. The van der Waals surface area contributed by atoms with Crippen molar-refractivity contribution in [3.05, 3.63) is 128 Å². The third-order valence-corrected chi connectivity index (χ3v) is 9.13. The van der Waals surface area contributed by atoms with Crippen molar-refractivity contribution in [3.63, 3.8) is 0 Å². The highest BCUT2D eigenvalue weighted by molar-refractivity contribution is 7.91. The van der Waals surface area contributed by atoms with Crippen LogP contribution in [0.1, 0.15) is 0 Å². The molecule has 0 radical (unpaired) electrons. The van der Waals surface area contributed by atoms with Crippen LogP contribution in [0.5, 0.6) is 0 Å². The molecule has 0 amide bonds. The molecule has 12 nitrogen and oxygen atoms in total. The summed E-state index contributed by atoms with van der Waals surface area (Å²) >= 11 is 0. The van der Waals surface area contributed by atoms with E-state index in [1.807, 2.05) is 0 Å². The minimum Gasteiger partial charge on any atom is -0.454 e. The number of nitrogens with zero attached hydrogens (tertiary/aromatic N) is 1. The first-order valence-corrected chi connectivity index (χ1v) is 17.1. The summed E-state index contributed by atoms with van der Waals surface area (Å²) in [5, 5.41) is 11.6. The summed E-state index contributed by atoms with van der Waals surface area (Å²) in [5.74, 6) is 0.138. The molecule has 0 spiro atoms. The molecule has 0 fully saturated rings. The van der Waals surface area contributed by atoms with Gasteiger partial charge in [-0.15, -0.1) is 0 Å². The highest BCUT2D eigenvalue weighted by Crippen LogP contribution is 2.32. The van der Waals surface area contributed by atoms with Gasteiger partial charge in [-0.1, -0.05) is 36.4 Å². The molecule has 2 aromatic heterocycles. The van der Waals surface area contributed by atoms with E-state index in [0.29, 0.717) is 16.6 Å². The zero-order chi connectivity index (χ0) is 33.4. The van der Waals surface area contributed by atoms with Crippen molar-refractivity contribution in [2.24, 2.45) is 0 Å². The van der Waals surface area contributed by atoms with Gasteiger partial charge in [0.2, 0.25) is 5.58 Å². The van der Waals surface area contributed by atoms with Crippen LogP contribution in [-0.2, 0) is 19.7 Å². The van der Waals surface area contributed by atoms with Gasteiger partial charge >= 0.3 is 5.69 Å². The van der Waals surface area contributed by atoms with Crippen LogP contribution in [0.4, 0.5) is 11.4 Å². The Hall–Kier alpha value is -5.60. The summed E-state index contributed by atoms with van der Waals surface area (Å²) in [7, 11) is -7.02. The van der Waals surface area contributed by atoms with Crippen LogP contribution in [0.15, 0.2) is 125 Å². The molecule has 0 aliphatic heterocycles. The SMILES string of the molecule is CS(=O)(=O)c1ccccc1-c1cc(=O)c2cccc(N)c2o1.CS(=O)(=O)c1ccccc1-c1cc(=O)c2cccc([N+](=O)[O-])c2o1. The van der Waals surface area contributed by atoms with Crippen molar-refractivity contribution in [1.29, 1.82) is 0 Å². The second-order valence-corrected chi connectivity index (χ2v) is 14.1. The number of benzene rings is 4. The normalized spacial score (nSPS) is 11.6. The Balaban J connectivity index is 0.000000182. The van der Waals surface area contributed by atoms with Crippen molar-refractivity contribution in [3.8, 4) is 22.6 Å². The van der Waals surface area contributed by atoms with Gasteiger partial charge in [-0.05, 0) is 42.5 Å². The molecule has 14 heteroatoms. The maximum atomic E-state index is 12.3. The Morgan fingerprint density at radius 3 is 1.54 bits per heavy atom. The number of non-ortho nitro benzene ring substituents is 1. The van der Waals surface area contributed by atoms with Crippen molar-refractivity contribution in [1.82, 2.24) is 0 Å². The molecule has 0 unspecified atom stereocenters. The third kappa shape index (κ3) is 6.29. The lowest BCUT2D eigenvalue weighted by atomic mass is 10.1. The fourth-order valence-electron chi connectivity index (χ4n) is 4.76. The molecule has 0 saturated heterocycles. The average Bonchev–Trinajstić information content (AvgIpc) is 3.00. The summed E-state index contributed by atoms with van der Waals surface area (Å²) in [5.41, 5.74) is 5.64. The number of hydrogen-bond acceptors (Lipinski definition) is 11. The first-order chi connectivity index (χ1) is 21.7.